The summed E-state index contributed by atoms with van der Waals surface area (Å²) in [6.45, 7) is 5.40. The van der Waals surface area contributed by atoms with Crippen molar-refractivity contribution < 1.29 is 19.1 Å². The monoisotopic (exact) mass is 368 g/mol. The molecule has 142 valence electrons. The number of carbonyl (C=O) groups excluding carboxylic acids is 3. The molecule has 6 heteroatoms. The maximum Gasteiger partial charge on any atom is 0.306 e. The summed E-state index contributed by atoms with van der Waals surface area (Å²) in [6, 6.07) is 13.0. The molecular weight excluding hydrogens is 344 g/mol. The van der Waals surface area contributed by atoms with Crippen LogP contribution in [0.5, 0.6) is 0 Å². The van der Waals surface area contributed by atoms with Gasteiger partial charge in [-0.1, -0.05) is 24.3 Å². The van der Waals surface area contributed by atoms with Crippen LogP contribution >= 0.6 is 0 Å². The van der Waals surface area contributed by atoms with Crippen LogP contribution < -0.4 is 10.6 Å². The van der Waals surface area contributed by atoms with Gasteiger partial charge >= 0.3 is 5.97 Å². The fourth-order valence-corrected chi connectivity index (χ4v) is 2.45. The third-order valence-corrected chi connectivity index (χ3v) is 4.10. The zero-order chi connectivity index (χ0) is 19.8. The van der Waals surface area contributed by atoms with Crippen LogP contribution in [0.25, 0.3) is 0 Å². The Hall–Kier alpha value is -3.15. The van der Waals surface area contributed by atoms with E-state index in [1.807, 2.05) is 51.1 Å². The summed E-state index contributed by atoms with van der Waals surface area (Å²) in [5.74, 6) is -1.29. The number of hydrogen-bond donors (Lipinski definition) is 2. The highest BCUT2D eigenvalue weighted by Crippen LogP contribution is 2.17. The van der Waals surface area contributed by atoms with E-state index in [9.17, 15) is 14.4 Å². The molecule has 0 spiro atoms. The largest absolute Gasteiger partial charge is 0.456 e. The minimum Gasteiger partial charge on any atom is -0.456 e. The van der Waals surface area contributed by atoms with E-state index in [-0.39, 0.29) is 25.4 Å². The highest BCUT2D eigenvalue weighted by atomic mass is 16.5. The van der Waals surface area contributed by atoms with Gasteiger partial charge in [0.05, 0.1) is 6.42 Å². The van der Waals surface area contributed by atoms with Crippen LogP contribution in [-0.2, 0) is 19.1 Å². The Morgan fingerprint density at radius 2 is 1.63 bits per heavy atom. The second-order valence-corrected chi connectivity index (χ2v) is 6.37. The molecule has 27 heavy (non-hydrogen) atoms. The molecule has 2 amide bonds. The van der Waals surface area contributed by atoms with Crippen molar-refractivity contribution in [2.75, 3.05) is 17.2 Å². The fraction of sp³-hybridized carbons (Fsp3) is 0.286. The van der Waals surface area contributed by atoms with Crippen LogP contribution in [0.3, 0.4) is 0 Å². The minimum atomic E-state index is -0.592. The number of amides is 2. The van der Waals surface area contributed by atoms with Crippen molar-refractivity contribution in [2.24, 2.45) is 0 Å². The Morgan fingerprint density at radius 3 is 2.37 bits per heavy atom. The standard InChI is InChI=1S/C21H24N2O4/c1-14-6-4-8-17(12-14)22-19(24)10-11-21(26)27-13-20(25)23-18-9-5-7-15(2)16(18)3/h4-9,12H,10-11,13H2,1-3H3,(H,22,24)(H,23,25). The zero-order valence-corrected chi connectivity index (χ0v) is 15.8. The number of aryl methyl sites for hydroxylation is 2. The van der Waals surface area contributed by atoms with Crippen LogP contribution in [0, 0.1) is 20.8 Å². The topological polar surface area (TPSA) is 84.5 Å². The van der Waals surface area contributed by atoms with Gasteiger partial charge in [0, 0.05) is 17.8 Å². The number of nitrogens with one attached hydrogen (secondary N) is 2. The third-order valence-electron chi connectivity index (χ3n) is 4.10. The van der Waals surface area contributed by atoms with E-state index in [1.54, 1.807) is 12.1 Å². The predicted octanol–water partition coefficient (Wildman–Crippen LogP) is 3.51. The summed E-state index contributed by atoms with van der Waals surface area (Å²) in [5.41, 5.74) is 4.42. The molecule has 0 aliphatic rings. The van der Waals surface area contributed by atoms with Crippen molar-refractivity contribution in [3.05, 3.63) is 59.2 Å². The van der Waals surface area contributed by atoms with Gasteiger partial charge in [-0.25, -0.2) is 0 Å². The fourth-order valence-electron chi connectivity index (χ4n) is 2.45. The average molecular weight is 368 g/mol. The van der Waals surface area contributed by atoms with E-state index in [0.717, 1.165) is 16.7 Å². The molecule has 0 saturated heterocycles. The number of rotatable bonds is 7. The van der Waals surface area contributed by atoms with Gasteiger partial charge in [-0.05, 0) is 55.7 Å². The number of carbonyl (C=O) groups is 3. The molecule has 0 fully saturated rings. The van der Waals surface area contributed by atoms with Gasteiger partial charge in [-0.3, -0.25) is 14.4 Å². The first-order valence-corrected chi connectivity index (χ1v) is 8.73. The summed E-state index contributed by atoms with van der Waals surface area (Å²) in [4.78, 5) is 35.6. The molecule has 0 aromatic heterocycles. The molecule has 2 rings (SSSR count). The molecule has 0 atom stereocenters. The second-order valence-electron chi connectivity index (χ2n) is 6.37. The number of esters is 1. The molecule has 0 bridgehead atoms. The summed E-state index contributed by atoms with van der Waals surface area (Å²) >= 11 is 0. The lowest BCUT2D eigenvalue weighted by Crippen LogP contribution is -2.22. The number of hydrogen-bond acceptors (Lipinski definition) is 4. The van der Waals surface area contributed by atoms with E-state index < -0.39 is 11.9 Å². The summed E-state index contributed by atoms with van der Waals surface area (Å²) in [6.07, 6.45) is -0.0974. The zero-order valence-electron chi connectivity index (χ0n) is 15.8. The molecule has 0 aliphatic heterocycles. The maximum atomic E-state index is 11.9. The molecular formula is C21H24N2O4. The van der Waals surface area contributed by atoms with Gasteiger partial charge in [0.2, 0.25) is 5.91 Å². The first kappa shape index (κ1) is 20.2. The highest BCUT2D eigenvalue weighted by Gasteiger charge is 2.12. The van der Waals surface area contributed by atoms with Gasteiger partial charge in [-0.15, -0.1) is 0 Å². The third kappa shape index (κ3) is 6.58. The Bertz CT molecular complexity index is 846. The van der Waals surface area contributed by atoms with Crippen LogP contribution in [-0.4, -0.2) is 24.4 Å². The van der Waals surface area contributed by atoms with E-state index in [2.05, 4.69) is 10.6 Å². The number of anilines is 2. The average Bonchev–Trinajstić information content (AvgIpc) is 2.62. The van der Waals surface area contributed by atoms with Gasteiger partial charge in [0.15, 0.2) is 6.61 Å². The van der Waals surface area contributed by atoms with Gasteiger partial charge in [-0.2, -0.15) is 0 Å². The van der Waals surface area contributed by atoms with Crippen LogP contribution in [0.15, 0.2) is 42.5 Å². The van der Waals surface area contributed by atoms with Crippen LogP contribution in [0.2, 0.25) is 0 Å². The summed E-state index contributed by atoms with van der Waals surface area (Å²) in [5, 5.41) is 5.43. The van der Waals surface area contributed by atoms with Crippen LogP contribution in [0.1, 0.15) is 29.5 Å². The second kappa shape index (κ2) is 9.52. The van der Waals surface area contributed by atoms with E-state index in [0.29, 0.717) is 11.4 Å². The molecule has 0 saturated carbocycles. The Labute approximate surface area is 158 Å². The first-order chi connectivity index (χ1) is 12.8. The van der Waals surface area contributed by atoms with E-state index >= 15 is 0 Å². The quantitative estimate of drug-likeness (QED) is 0.733. The van der Waals surface area contributed by atoms with Crippen molar-refractivity contribution in [3.8, 4) is 0 Å². The molecule has 2 aromatic rings. The Kier molecular flexibility index (Phi) is 7.11. The van der Waals surface area contributed by atoms with Gasteiger partial charge in [0.1, 0.15) is 0 Å². The minimum absolute atomic E-state index is 0.00855. The lowest BCUT2D eigenvalue weighted by molar-refractivity contribution is -0.147. The summed E-state index contributed by atoms with van der Waals surface area (Å²) < 4.78 is 4.93. The molecule has 0 radical (unpaired) electrons. The van der Waals surface area contributed by atoms with Gasteiger partial charge < -0.3 is 15.4 Å². The van der Waals surface area contributed by atoms with Gasteiger partial charge in [0.25, 0.3) is 5.91 Å². The van der Waals surface area contributed by atoms with Crippen LogP contribution in [0.4, 0.5) is 11.4 Å². The van der Waals surface area contributed by atoms with Crippen molar-refractivity contribution >= 4 is 29.2 Å². The SMILES string of the molecule is Cc1cccc(NC(=O)CCC(=O)OCC(=O)Nc2cccc(C)c2C)c1. The molecule has 6 nitrogen and oxygen atoms in total. The van der Waals surface area contributed by atoms with Crippen molar-refractivity contribution in [2.45, 2.75) is 33.6 Å². The number of ether oxygens (including phenoxy) is 1. The van der Waals surface area contributed by atoms with Crippen molar-refractivity contribution in [1.29, 1.82) is 0 Å². The Morgan fingerprint density at radius 1 is 0.889 bits per heavy atom. The van der Waals surface area contributed by atoms with Crippen molar-refractivity contribution in [3.63, 3.8) is 0 Å². The normalized spacial score (nSPS) is 10.2. The lowest BCUT2D eigenvalue weighted by Gasteiger charge is -2.10. The molecule has 0 unspecified atom stereocenters. The predicted molar refractivity (Wildman–Crippen MR) is 105 cm³/mol. The van der Waals surface area contributed by atoms with E-state index in [4.69, 9.17) is 4.74 Å². The summed E-state index contributed by atoms with van der Waals surface area (Å²) in [7, 11) is 0. The molecule has 0 heterocycles. The Balaban J connectivity index is 1.71. The maximum absolute atomic E-state index is 11.9. The molecule has 0 aliphatic carbocycles. The first-order valence-electron chi connectivity index (χ1n) is 8.73. The smallest absolute Gasteiger partial charge is 0.306 e. The lowest BCUT2D eigenvalue weighted by atomic mass is 10.1. The number of benzene rings is 2. The van der Waals surface area contributed by atoms with E-state index in [1.165, 1.54) is 0 Å². The molecule has 2 N–H and O–H groups in total. The van der Waals surface area contributed by atoms with Crippen molar-refractivity contribution in [1.82, 2.24) is 0 Å². The highest BCUT2D eigenvalue weighted by molar-refractivity contribution is 5.95. The molecule has 2 aromatic carbocycles.